The molecule has 0 radical (unpaired) electrons. The van der Waals surface area contributed by atoms with E-state index in [1.807, 2.05) is 0 Å². The first-order valence-corrected chi connectivity index (χ1v) is 5.90. The molecule has 2 atom stereocenters. The predicted octanol–water partition coefficient (Wildman–Crippen LogP) is 2.77. The van der Waals surface area contributed by atoms with E-state index in [1.165, 1.54) is 12.1 Å². The van der Waals surface area contributed by atoms with Gasteiger partial charge in [0, 0.05) is 6.04 Å². The summed E-state index contributed by atoms with van der Waals surface area (Å²) in [6.07, 6.45) is -2.91. The monoisotopic (exact) mass is 274 g/mol. The lowest BCUT2D eigenvalue weighted by Crippen LogP contribution is -2.19. The van der Waals surface area contributed by atoms with Crippen LogP contribution in [0, 0.1) is 5.92 Å². The maximum absolute atomic E-state index is 12.5. The summed E-state index contributed by atoms with van der Waals surface area (Å²) in [6, 6.07) is 3.49. The summed E-state index contributed by atoms with van der Waals surface area (Å²) in [4.78, 5) is 14.3. The van der Waals surface area contributed by atoms with E-state index in [1.54, 1.807) is 0 Å². The number of halogens is 3. The van der Waals surface area contributed by atoms with E-state index in [0.29, 0.717) is 19.3 Å². The summed E-state index contributed by atoms with van der Waals surface area (Å²) < 4.78 is 37.4. The molecule has 0 aromatic carbocycles. The summed E-state index contributed by atoms with van der Waals surface area (Å²) in [6.45, 7) is 0. The Morgan fingerprint density at radius 3 is 2.68 bits per heavy atom. The Morgan fingerprint density at radius 1 is 1.37 bits per heavy atom. The molecule has 4 nitrogen and oxygen atoms in total. The quantitative estimate of drug-likeness (QED) is 0.889. The Bertz CT molecular complexity index is 476. The zero-order valence-electron chi connectivity index (χ0n) is 9.94. The first-order valence-electron chi connectivity index (χ1n) is 5.90. The number of nitrogens with zero attached hydrogens (tertiary/aromatic N) is 1. The molecule has 1 aromatic heterocycles. The third kappa shape index (κ3) is 3.36. The fourth-order valence-corrected chi connectivity index (χ4v) is 2.22. The van der Waals surface area contributed by atoms with Gasteiger partial charge in [-0.2, -0.15) is 13.2 Å². The fourth-order valence-electron chi connectivity index (χ4n) is 2.22. The lowest BCUT2D eigenvalue weighted by atomic mass is 10.1. The van der Waals surface area contributed by atoms with E-state index in [4.69, 9.17) is 5.11 Å². The number of aliphatic carboxylic acids is 1. The van der Waals surface area contributed by atoms with Crippen LogP contribution in [0.15, 0.2) is 18.2 Å². The number of carboxylic acid groups (broad SMARTS) is 1. The van der Waals surface area contributed by atoms with Gasteiger partial charge in [0.1, 0.15) is 11.5 Å². The minimum Gasteiger partial charge on any atom is -0.481 e. The molecule has 0 spiro atoms. The number of carboxylic acids is 1. The lowest BCUT2D eigenvalue weighted by molar-refractivity contribution is -0.142. The van der Waals surface area contributed by atoms with Crippen molar-refractivity contribution in [2.24, 2.45) is 5.92 Å². The predicted molar refractivity (Wildman–Crippen MR) is 61.6 cm³/mol. The molecule has 2 N–H and O–H groups in total. The lowest BCUT2D eigenvalue weighted by Gasteiger charge is -2.14. The van der Waals surface area contributed by atoms with Crippen molar-refractivity contribution in [1.82, 2.24) is 4.98 Å². The average molecular weight is 274 g/mol. The Balaban J connectivity index is 2.03. The molecular weight excluding hydrogens is 261 g/mol. The van der Waals surface area contributed by atoms with Crippen molar-refractivity contribution in [3.8, 4) is 0 Å². The van der Waals surface area contributed by atoms with Gasteiger partial charge in [-0.15, -0.1) is 0 Å². The summed E-state index contributed by atoms with van der Waals surface area (Å²) in [5, 5.41) is 11.7. The number of pyridine rings is 1. The van der Waals surface area contributed by atoms with Crippen molar-refractivity contribution in [3.63, 3.8) is 0 Å². The van der Waals surface area contributed by atoms with Crippen LogP contribution in [-0.4, -0.2) is 22.1 Å². The molecule has 1 aliphatic carbocycles. The molecule has 19 heavy (non-hydrogen) atoms. The van der Waals surface area contributed by atoms with Gasteiger partial charge in [-0.1, -0.05) is 6.07 Å². The number of anilines is 1. The number of carbonyl (C=O) groups is 1. The van der Waals surface area contributed by atoms with Crippen LogP contribution in [-0.2, 0) is 11.0 Å². The normalized spacial score (nSPS) is 23.3. The maximum atomic E-state index is 12.5. The first kappa shape index (κ1) is 13.6. The van der Waals surface area contributed by atoms with Crippen molar-refractivity contribution >= 4 is 11.8 Å². The van der Waals surface area contributed by atoms with Gasteiger partial charge in [-0.3, -0.25) is 4.79 Å². The Labute approximate surface area is 107 Å². The van der Waals surface area contributed by atoms with Gasteiger partial charge in [-0.25, -0.2) is 4.98 Å². The molecule has 0 unspecified atom stereocenters. The van der Waals surface area contributed by atoms with E-state index < -0.39 is 23.8 Å². The van der Waals surface area contributed by atoms with Gasteiger partial charge < -0.3 is 10.4 Å². The van der Waals surface area contributed by atoms with Crippen molar-refractivity contribution in [1.29, 1.82) is 0 Å². The Hall–Kier alpha value is -1.79. The second kappa shape index (κ2) is 5.07. The molecule has 1 saturated carbocycles. The SMILES string of the molecule is O=C(O)[C@@H]1CC[C@H](Nc2cccc(C(F)(F)F)n2)C1. The van der Waals surface area contributed by atoms with E-state index >= 15 is 0 Å². The van der Waals surface area contributed by atoms with Crippen molar-refractivity contribution in [2.75, 3.05) is 5.32 Å². The Kier molecular flexibility index (Phi) is 3.64. The number of aromatic nitrogens is 1. The van der Waals surface area contributed by atoms with E-state index in [9.17, 15) is 18.0 Å². The molecule has 0 bridgehead atoms. The molecule has 104 valence electrons. The number of hydrogen-bond donors (Lipinski definition) is 2. The molecule has 1 heterocycles. The van der Waals surface area contributed by atoms with Gasteiger partial charge in [0.25, 0.3) is 0 Å². The fraction of sp³-hybridized carbons (Fsp3) is 0.500. The van der Waals surface area contributed by atoms with Crippen LogP contribution >= 0.6 is 0 Å². The highest BCUT2D eigenvalue weighted by molar-refractivity contribution is 5.70. The molecule has 0 amide bonds. The van der Waals surface area contributed by atoms with Gasteiger partial charge in [-0.05, 0) is 31.4 Å². The topological polar surface area (TPSA) is 62.2 Å². The molecule has 0 aliphatic heterocycles. The van der Waals surface area contributed by atoms with E-state index in [2.05, 4.69) is 10.3 Å². The molecule has 2 rings (SSSR count). The highest BCUT2D eigenvalue weighted by Gasteiger charge is 2.33. The largest absolute Gasteiger partial charge is 0.481 e. The van der Waals surface area contributed by atoms with Crippen LogP contribution in [0.2, 0.25) is 0 Å². The van der Waals surface area contributed by atoms with Gasteiger partial charge >= 0.3 is 12.1 Å². The molecule has 1 fully saturated rings. The molecule has 7 heteroatoms. The smallest absolute Gasteiger partial charge is 0.433 e. The highest BCUT2D eigenvalue weighted by Crippen LogP contribution is 2.30. The summed E-state index contributed by atoms with van der Waals surface area (Å²) in [7, 11) is 0. The summed E-state index contributed by atoms with van der Waals surface area (Å²) in [5.74, 6) is -1.16. The number of hydrogen-bond acceptors (Lipinski definition) is 3. The molecular formula is C12H13F3N2O2. The summed E-state index contributed by atoms with van der Waals surface area (Å²) >= 11 is 0. The van der Waals surface area contributed by atoms with Gasteiger partial charge in [0.2, 0.25) is 0 Å². The highest BCUT2D eigenvalue weighted by atomic mass is 19.4. The van der Waals surface area contributed by atoms with Crippen LogP contribution in [0.4, 0.5) is 19.0 Å². The number of nitrogens with one attached hydrogen (secondary N) is 1. The zero-order valence-corrected chi connectivity index (χ0v) is 9.94. The van der Waals surface area contributed by atoms with Crippen LogP contribution in [0.25, 0.3) is 0 Å². The molecule has 0 saturated heterocycles. The maximum Gasteiger partial charge on any atom is 0.433 e. The number of rotatable bonds is 3. The van der Waals surface area contributed by atoms with Crippen molar-refractivity contribution in [2.45, 2.75) is 31.5 Å². The third-order valence-electron chi connectivity index (χ3n) is 3.17. The minimum atomic E-state index is -4.48. The minimum absolute atomic E-state index is 0.130. The molecule has 1 aliphatic rings. The number of alkyl halides is 3. The average Bonchev–Trinajstić information content (AvgIpc) is 2.77. The molecule has 1 aromatic rings. The standard InChI is InChI=1S/C12H13F3N2O2/c13-12(14,15)9-2-1-3-10(17-9)16-8-5-4-7(6-8)11(18)19/h1-3,7-8H,4-6H2,(H,16,17)(H,18,19)/t7-,8+/m1/s1. The van der Waals surface area contributed by atoms with Crippen LogP contribution in [0.3, 0.4) is 0 Å². The Morgan fingerprint density at radius 2 is 2.11 bits per heavy atom. The second-order valence-electron chi connectivity index (χ2n) is 4.60. The van der Waals surface area contributed by atoms with E-state index in [0.717, 1.165) is 6.07 Å². The second-order valence-corrected chi connectivity index (χ2v) is 4.60. The summed E-state index contributed by atoms with van der Waals surface area (Å²) in [5.41, 5.74) is -0.953. The third-order valence-corrected chi connectivity index (χ3v) is 3.17. The van der Waals surface area contributed by atoms with Crippen molar-refractivity contribution in [3.05, 3.63) is 23.9 Å². The van der Waals surface area contributed by atoms with Crippen LogP contribution in [0.5, 0.6) is 0 Å². The van der Waals surface area contributed by atoms with Crippen molar-refractivity contribution < 1.29 is 23.1 Å². The zero-order chi connectivity index (χ0) is 14.0. The first-order chi connectivity index (χ1) is 8.86. The van der Waals surface area contributed by atoms with Gasteiger partial charge in [0.05, 0.1) is 5.92 Å². The van der Waals surface area contributed by atoms with Gasteiger partial charge in [0.15, 0.2) is 0 Å². The van der Waals surface area contributed by atoms with Crippen LogP contribution < -0.4 is 5.32 Å². The van der Waals surface area contributed by atoms with E-state index in [-0.39, 0.29) is 11.9 Å². The van der Waals surface area contributed by atoms with Crippen LogP contribution in [0.1, 0.15) is 25.0 Å².